The van der Waals surface area contributed by atoms with Crippen LogP contribution in [0.1, 0.15) is 11.4 Å². The molecule has 1 fully saturated rings. The molecule has 6 heteroatoms. The first-order valence-electron chi connectivity index (χ1n) is 7.01. The van der Waals surface area contributed by atoms with Crippen molar-refractivity contribution in [1.29, 1.82) is 0 Å². The summed E-state index contributed by atoms with van der Waals surface area (Å²) in [6, 6.07) is 5.98. The number of imidazole rings is 1. The van der Waals surface area contributed by atoms with Gasteiger partial charge in [0.1, 0.15) is 11.5 Å². The van der Waals surface area contributed by atoms with E-state index < -0.39 is 0 Å². The Hall–Kier alpha value is -1.63. The number of aromatic nitrogens is 2. The number of fused-ring (bicyclic) bond motifs is 1. The van der Waals surface area contributed by atoms with E-state index in [4.69, 9.17) is 5.11 Å². The molecule has 0 saturated carbocycles. The van der Waals surface area contributed by atoms with Crippen molar-refractivity contribution in [2.24, 2.45) is 0 Å². The molecular weight excluding hydrogens is 256 g/mol. The second-order valence-electron chi connectivity index (χ2n) is 4.95. The van der Waals surface area contributed by atoms with Crippen molar-refractivity contribution in [3.63, 3.8) is 0 Å². The molecule has 0 bridgehead atoms. The Balaban J connectivity index is 2.11. The van der Waals surface area contributed by atoms with Crippen LogP contribution in [0.2, 0.25) is 0 Å². The van der Waals surface area contributed by atoms with E-state index in [0.29, 0.717) is 6.42 Å². The molecule has 3 heterocycles. The zero-order chi connectivity index (χ0) is 13.9. The predicted octanol–water partition coefficient (Wildman–Crippen LogP) is -0.229. The molecular formula is C14H20N4O2. The fraction of sp³-hybridized carbons (Fsp3) is 0.500. The largest absolute Gasteiger partial charge is 0.396 e. The van der Waals surface area contributed by atoms with Crippen LogP contribution in [0.25, 0.3) is 5.65 Å². The number of nitrogens with zero attached hydrogens (tertiary/aromatic N) is 3. The third kappa shape index (κ3) is 2.26. The van der Waals surface area contributed by atoms with E-state index in [2.05, 4.69) is 21.3 Å². The maximum atomic E-state index is 9.68. The van der Waals surface area contributed by atoms with Gasteiger partial charge in [0.2, 0.25) is 0 Å². The van der Waals surface area contributed by atoms with Gasteiger partial charge in [-0.3, -0.25) is 4.40 Å². The number of aliphatic hydroxyl groups is 2. The van der Waals surface area contributed by atoms with Crippen molar-refractivity contribution in [2.75, 3.05) is 37.7 Å². The van der Waals surface area contributed by atoms with E-state index in [1.165, 1.54) is 0 Å². The van der Waals surface area contributed by atoms with Crippen LogP contribution in [0, 0.1) is 0 Å². The average molecular weight is 276 g/mol. The average Bonchev–Trinajstić information content (AvgIpc) is 2.85. The molecule has 6 nitrogen and oxygen atoms in total. The molecule has 1 aliphatic rings. The third-order valence-electron chi connectivity index (χ3n) is 3.74. The Labute approximate surface area is 117 Å². The van der Waals surface area contributed by atoms with Crippen LogP contribution in [-0.4, -0.2) is 52.4 Å². The van der Waals surface area contributed by atoms with Crippen molar-refractivity contribution in [3.05, 3.63) is 29.6 Å². The van der Waals surface area contributed by atoms with Crippen LogP contribution in [-0.2, 0) is 13.0 Å². The minimum Gasteiger partial charge on any atom is -0.396 e. The standard InChI is InChI=1S/C14H20N4O2/c19-9-4-11-12(10-20)18-13(16-11)2-1-3-14(18)17-7-5-15-6-8-17/h1-3,15,19-20H,4-10H2. The monoisotopic (exact) mass is 276 g/mol. The smallest absolute Gasteiger partial charge is 0.138 e. The summed E-state index contributed by atoms with van der Waals surface area (Å²) in [5, 5.41) is 22.2. The molecule has 0 atom stereocenters. The number of rotatable bonds is 4. The fourth-order valence-corrected chi connectivity index (χ4v) is 2.79. The minimum absolute atomic E-state index is 0.0415. The number of hydrogen-bond donors (Lipinski definition) is 3. The Bertz CT molecular complexity index is 590. The lowest BCUT2D eigenvalue weighted by atomic mass is 10.2. The summed E-state index contributed by atoms with van der Waals surface area (Å²) in [7, 11) is 0. The van der Waals surface area contributed by atoms with Gasteiger partial charge < -0.3 is 20.4 Å². The lowest BCUT2D eigenvalue weighted by Crippen LogP contribution is -2.44. The van der Waals surface area contributed by atoms with E-state index in [1.807, 2.05) is 16.5 Å². The maximum absolute atomic E-state index is 9.68. The second kappa shape index (κ2) is 5.78. The van der Waals surface area contributed by atoms with Gasteiger partial charge in [0.25, 0.3) is 0 Å². The molecule has 1 saturated heterocycles. The van der Waals surface area contributed by atoms with Crippen molar-refractivity contribution >= 4 is 11.5 Å². The molecule has 108 valence electrons. The molecule has 0 aromatic carbocycles. The molecule has 1 aliphatic heterocycles. The molecule has 0 aliphatic carbocycles. The molecule has 2 aromatic heterocycles. The molecule has 0 amide bonds. The summed E-state index contributed by atoms with van der Waals surface area (Å²) < 4.78 is 2.01. The summed E-state index contributed by atoms with van der Waals surface area (Å²) in [5.74, 6) is 1.06. The highest BCUT2D eigenvalue weighted by Crippen LogP contribution is 2.22. The Morgan fingerprint density at radius 3 is 2.70 bits per heavy atom. The zero-order valence-electron chi connectivity index (χ0n) is 11.4. The summed E-state index contributed by atoms with van der Waals surface area (Å²) in [6.45, 7) is 3.78. The molecule has 3 N–H and O–H groups in total. The Morgan fingerprint density at radius 1 is 1.20 bits per heavy atom. The Kier molecular flexibility index (Phi) is 3.86. The molecule has 3 rings (SSSR count). The highest BCUT2D eigenvalue weighted by molar-refractivity contribution is 5.55. The molecule has 2 aromatic rings. The van der Waals surface area contributed by atoms with E-state index in [-0.39, 0.29) is 13.2 Å². The van der Waals surface area contributed by atoms with Crippen LogP contribution in [0.5, 0.6) is 0 Å². The van der Waals surface area contributed by atoms with Gasteiger partial charge >= 0.3 is 0 Å². The minimum atomic E-state index is -0.0698. The molecule has 0 unspecified atom stereocenters. The van der Waals surface area contributed by atoms with Gasteiger partial charge in [0, 0.05) is 39.2 Å². The normalized spacial score (nSPS) is 16.0. The highest BCUT2D eigenvalue weighted by Gasteiger charge is 2.18. The maximum Gasteiger partial charge on any atom is 0.138 e. The molecule has 0 spiro atoms. The first kappa shape index (κ1) is 13.4. The van der Waals surface area contributed by atoms with Crippen LogP contribution in [0.4, 0.5) is 5.82 Å². The number of piperazine rings is 1. The van der Waals surface area contributed by atoms with E-state index >= 15 is 0 Å². The van der Waals surface area contributed by atoms with Gasteiger partial charge in [0.05, 0.1) is 18.0 Å². The van der Waals surface area contributed by atoms with Crippen LogP contribution in [0.15, 0.2) is 18.2 Å². The number of aliphatic hydroxyl groups excluding tert-OH is 2. The predicted molar refractivity (Wildman–Crippen MR) is 77.0 cm³/mol. The van der Waals surface area contributed by atoms with Gasteiger partial charge in [-0.15, -0.1) is 0 Å². The summed E-state index contributed by atoms with van der Waals surface area (Å²) >= 11 is 0. The first-order valence-corrected chi connectivity index (χ1v) is 7.01. The second-order valence-corrected chi connectivity index (χ2v) is 4.95. The van der Waals surface area contributed by atoms with E-state index in [0.717, 1.165) is 49.0 Å². The van der Waals surface area contributed by atoms with Gasteiger partial charge in [-0.1, -0.05) is 6.07 Å². The number of pyridine rings is 1. The van der Waals surface area contributed by atoms with Crippen molar-refractivity contribution in [3.8, 4) is 0 Å². The van der Waals surface area contributed by atoms with Gasteiger partial charge in [-0.25, -0.2) is 4.98 Å². The van der Waals surface area contributed by atoms with Gasteiger partial charge in [0.15, 0.2) is 0 Å². The number of nitrogens with one attached hydrogen (secondary N) is 1. The number of anilines is 1. The van der Waals surface area contributed by atoms with Crippen LogP contribution < -0.4 is 10.2 Å². The highest BCUT2D eigenvalue weighted by atomic mass is 16.3. The van der Waals surface area contributed by atoms with Crippen molar-refractivity contribution in [1.82, 2.24) is 14.7 Å². The first-order chi connectivity index (χ1) is 9.85. The van der Waals surface area contributed by atoms with Gasteiger partial charge in [-0.2, -0.15) is 0 Å². The number of hydrogen-bond acceptors (Lipinski definition) is 5. The molecule has 20 heavy (non-hydrogen) atoms. The van der Waals surface area contributed by atoms with Crippen molar-refractivity contribution < 1.29 is 10.2 Å². The molecule has 0 radical (unpaired) electrons. The summed E-state index contributed by atoms with van der Waals surface area (Å²) in [6.07, 6.45) is 0.471. The summed E-state index contributed by atoms with van der Waals surface area (Å²) in [4.78, 5) is 6.83. The van der Waals surface area contributed by atoms with E-state index in [1.54, 1.807) is 0 Å². The van der Waals surface area contributed by atoms with Gasteiger partial charge in [-0.05, 0) is 12.1 Å². The quantitative estimate of drug-likeness (QED) is 0.719. The topological polar surface area (TPSA) is 73.0 Å². The lowest BCUT2D eigenvalue weighted by Gasteiger charge is -2.30. The van der Waals surface area contributed by atoms with Crippen molar-refractivity contribution in [2.45, 2.75) is 13.0 Å². The van der Waals surface area contributed by atoms with Crippen LogP contribution in [0.3, 0.4) is 0 Å². The third-order valence-corrected chi connectivity index (χ3v) is 3.74. The fourth-order valence-electron chi connectivity index (χ4n) is 2.79. The van der Waals surface area contributed by atoms with Crippen LogP contribution >= 0.6 is 0 Å². The zero-order valence-corrected chi connectivity index (χ0v) is 11.4. The SMILES string of the molecule is OCCc1nc2cccc(N3CCNCC3)n2c1CO. The summed E-state index contributed by atoms with van der Waals surface area (Å²) in [5.41, 5.74) is 2.38. The Morgan fingerprint density at radius 2 is 2.00 bits per heavy atom. The lowest BCUT2D eigenvalue weighted by molar-refractivity contribution is 0.270. The van der Waals surface area contributed by atoms with E-state index in [9.17, 15) is 5.11 Å².